The molecule has 0 amide bonds. The van der Waals surface area contributed by atoms with Crippen LogP contribution in [0.2, 0.25) is 0 Å². The number of hydrogen-bond acceptors (Lipinski definition) is 3. The first-order valence-corrected chi connectivity index (χ1v) is 16.6. The first kappa shape index (κ1) is 27.5. The summed E-state index contributed by atoms with van der Waals surface area (Å²) < 4.78 is 12.7. The van der Waals surface area contributed by atoms with Crippen LogP contribution in [0.15, 0.2) is 185 Å². The third-order valence-corrected chi connectivity index (χ3v) is 9.65. The second kappa shape index (κ2) is 11.0. The van der Waals surface area contributed by atoms with E-state index in [1.54, 1.807) is 0 Å². The Balaban J connectivity index is 1.24. The van der Waals surface area contributed by atoms with E-state index in [1.165, 1.54) is 27.6 Å². The Morgan fingerprint density at radius 2 is 0.878 bits per heavy atom. The van der Waals surface area contributed by atoms with E-state index < -0.39 is 0 Å². The summed E-state index contributed by atoms with van der Waals surface area (Å²) in [5, 5.41) is 6.79. The molecule has 0 aliphatic rings. The number of benzene rings is 8. The topological polar surface area (TPSA) is 29.5 Å². The average molecular weight is 628 g/mol. The molecule has 3 heteroatoms. The lowest BCUT2D eigenvalue weighted by Gasteiger charge is -2.27. The summed E-state index contributed by atoms with van der Waals surface area (Å²) in [6, 6.07) is 62.1. The fourth-order valence-corrected chi connectivity index (χ4v) is 7.37. The molecule has 10 rings (SSSR count). The van der Waals surface area contributed by atoms with Gasteiger partial charge in [0.15, 0.2) is 0 Å². The Hall–Kier alpha value is -6.58. The molecule has 2 heterocycles. The van der Waals surface area contributed by atoms with Crippen molar-refractivity contribution >= 4 is 71.7 Å². The highest BCUT2D eigenvalue weighted by atomic mass is 16.3. The predicted molar refractivity (Wildman–Crippen MR) is 204 cm³/mol. The number of anilines is 3. The van der Waals surface area contributed by atoms with E-state index >= 15 is 0 Å². The Labute approximate surface area is 282 Å². The van der Waals surface area contributed by atoms with E-state index in [0.29, 0.717) is 0 Å². The molecule has 0 saturated carbocycles. The van der Waals surface area contributed by atoms with Gasteiger partial charge in [-0.25, -0.2) is 0 Å². The highest BCUT2D eigenvalue weighted by Gasteiger charge is 2.20. The summed E-state index contributed by atoms with van der Waals surface area (Å²) in [6.07, 6.45) is 0. The molecule has 0 aliphatic heterocycles. The second-order valence-electron chi connectivity index (χ2n) is 12.5. The maximum atomic E-state index is 6.41. The SMILES string of the molecule is c1ccc(-c2ccc(N(c3ccc4c(c3)oc3ccccc34)c3ccc4ccc5oc6ccccc6c5c4c3)cc2-c2ccccc2)cc1. The molecule has 3 nitrogen and oxygen atoms in total. The zero-order valence-corrected chi connectivity index (χ0v) is 26.5. The molecule has 49 heavy (non-hydrogen) atoms. The molecule has 8 aromatic carbocycles. The Morgan fingerprint density at radius 1 is 0.327 bits per heavy atom. The summed E-state index contributed by atoms with van der Waals surface area (Å²) in [5.74, 6) is 0. The number of fused-ring (bicyclic) bond motifs is 8. The number of para-hydroxylation sites is 2. The first-order valence-electron chi connectivity index (χ1n) is 16.6. The van der Waals surface area contributed by atoms with E-state index in [2.05, 4.69) is 157 Å². The van der Waals surface area contributed by atoms with Gasteiger partial charge in [-0.2, -0.15) is 0 Å². The minimum atomic E-state index is 0.858. The molecular formula is C46H29NO2. The third kappa shape index (κ3) is 4.51. The Morgan fingerprint density at radius 3 is 1.67 bits per heavy atom. The lowest BCUT2D eigenvalue weighted by atomic mass is 9.93. The highest BCUT2D eigenvalue weighted by Crippen LogP contribution is 2.44. The van der Waals surface area contributed by atoms with Crippen molar-refractivity contribution in [1.82, 2.24) is 0 Å². The van der Waals surface area contributed by atoms with Gasteiger partial charge in [-0.3, -0.25) is 0 Å². The second-order valence-corrected chi connectivity index (χ2v) is 12.5. The minimum Gasteiger partial charge on any atom is -0.456 e. The van der Waals surface area contributed by atoms with E-state index in [-0.39, 0.29) is 0 Å². The molecule has 0 saturated heterocycles. The van der Waals surface area contributed by atoms with E-state index in [0.717, 1.165) is 66.3 Å². The van der Waals surface area contributed by atoms with Gasteiger partial charge < -0.3 is 13.7 Å². The van der Waals surface area contributed by atoms with Gasteiger partial charge in [-0.1, -0.05) is 115 Å². The third-order valence-electron chi connectivity index (χ3n) is 9.65. The standard InChI is InChI=1S/C46H29NO2/c1-3-11-30(12-4-1)36-24-22-34(27-40(36)31-13-5-2-6-14-31)47(35-23-25-38-37-15-7-9-17-42(37)49-45(38)29-35)33-21-19-32-20-26-44-46(41(32)28-33)39-16-8-10-18-43(39)48-44/h1-29H. The van der Waals surface area contributed by atoms with Crippen molar-refractivity contribution in [2.24, 2.45) is 0 Å². The van der Waals surface area contributed by atoms with Crippen LogP contribution in [0, 0.1) is 0 Å². The van der Waals surface area contributed by atoms with Gasteiger partial charge in [-0.05, 0) is 87.6 Å². The average Bonchev–Trinajstić information content (AvgIpc) is 3.74. The maximum absolute atomic E-state index is 6.41. The monoisotopic (exact) mass is 627 g/mol. The van der Waals surface area contributed by atoms with Crippen LogP contribution in [0.3, 0.4) is 0 Å². The van der Waals surface area contributed by atoms with Crippen LogP contribution in [0.5, 0.6) is 0 Å². The van der Waals surface area contributed by atoms with Crippen LogP contribution in [-0.4, -0.2) is 0 Å². The van der Waals surface area contributed by atoms with Crippen LogP contribution in [0.4, 0.5) is 17.1 Å². The Bertz CT molecular complexity index is 2830. The largest absolute Gasteiger partial charge is 0.456 e. The van der Waals surface area contributed by atoms with E-state index in [1.807, 2.05) is 24.3 Å². The van der Waals surface area contributed by atoms with E-state index in [9.17, 15) is 0 Å². The van der Waals surface area contributed by atoms with Gasteiger partial charge >= 0.3 is 0 Å². The van der Waals surface area contributed by atoms with Gasteiger partial charge in [0.25, 0.3) is 0 Å². The molecule has 0 spiro atoms. The first-order chi connectivity index (χ1) is 24.3. The summed E-state index contributed by atoms with van der Waals surface area (Å²) >= 11 is 0. The van der Waals surface area contributed by atoms with Gasteiger partial charge in [-0.15, -0.1) is 0 Å². The van der Waals surface area contributed by atoms with Crippen molar-refractivity contribution in [3.8, 4) is 22.3 Å². The van der Waals surface area contributed by atoms with E-state index in [4.69, 9.17) is 8.83 Å². The number of hydrogen-bond donors (Lipinski definition) is 0. The van der Waals surface area contributed by atoms with Crippen LogP contribution in [-0.2, 0) is 0 Å². The summed E-state index contributed by atoms with van der Waals surface area (Å²) in [7, 11) is 0. The zero-order chi connectivity index (χ0) is 32.3. The van der Waals surface area contributed by atoms with Crippen molar-refractivity contribution in [3.05, 3.63) is 176 Å². The maximum Gasteiger partial charge on any atom is 0.137 e. The van der Waals surface area contributed by atoms with Crippen molar-refractivity contribution in [2.75, 3.05) is 4.90 Å². The van der Waals surface area contributed by atoms with Gasteiger partial charge in [0.1, 0.15) is 22.3 Å². The summed E-state index contributed by atoms with van der Waals surface area (Å²) in [4.78, 5) is 2.34. The molecular weight excluding hydrogens is 599 g/mol. The summed E-state index contributed by atoms with van der Waals surface area (Å²) in [6.45, 7) is 0. The molecule has 0 N–H and O–H groups in total. The van der Waals surface area contributed by atoms with Crippen molar-refractivity contribution in [2.45, 2.75) is 0 Å². The molecule has 0 atom stereocenters. The number of nitrogens with zero attached hydrogens (tertiary/aromatic N) is 1. The van der Waals surface area contributed by atoms with Crippen molar-refractivity contribution in [3.63, 3.8) is 0 Å². The smallest absolute Gasteiger partial charge is 0.137 e. The molecule has 0 radical (unpaired) electrons. The molecule has 2 aromatic heterocycles. The van der Waals surface area contributed by atoms with Gasteiger partial charge in [0.05, 0.1) is 0 Å². The predicted octanol–water partition coefficient (Wildman–Crippen LogP) is 13.4. The minimum absolute atomic E-state index is 0.858. The number of rotatable bonds is 5. The molecule has 230 valence electrons. The van der Waals surface area contributed by atoms with Crippen LogP contribution in [0.25, 0.3) is 76.9 Å². The fourth-order valence-electron chi connectivity index (χ4n) is 7.37. The van der Waals surface area contributed by atoms with Crippen LogP contribution >= 0.6 is 0 Å². The molecule has 0 unspecified atom stereocenters. The molecule has 10 aromatic rings. The van der Waals surface area contributed by atoms with Gasteiger partial charge in [0, 0.05) is 44.7 Å². The lowest BCUT2D eigenvalue weighted by molar-refractivity contribution is 0.668. The van der Waals surface area contributed by atoms with Crippen LogP contribution in [0.1, 0.15) is 0 Å². The zero-order valence-electron chi connectivity index (χ0n) is 26.5. The quantitative estimate of drug-likeness (QED) is 0.190. The molecule has 0 fully saturated rings. The Kier molecular flexibility index (Phi) is 6.18. The molecule has 0 bridgehead atoms. The fraction of sp³-hybridized carbons (Fsp3) is 0. The van der Waals surface area contributed by atoms with Crippen molar-refractivity contribution < 1.29 is 8.83 Å². The van der Waals surface area contributed by atoms with Crippen LogP contribution < -0.4 is 4.90 Å². The normalized spacial score (nSPS) is 11.7. The highest BCUT2D eigenvalue weighted by molar-refractivity contribution is 6.19. The lowest BCUT2D eigenvalue weighted by Crippen LogP contribution is -2.10. The van der Waals surface area contributed by atoms with Gasteiger partial charge in [0.2, 0.25) is 0 Å². The van der Waals surface area contributed by atoms with Crippen molar-refractivity contribution in [1.29, 1.82) is 0 Å². The summed E-state index contributed by atoms with van der Waals surface area (Å²) in [5.41, 5.74) is 11.4. The number of furan rings is 2. The molecule has 0 aliphatic carbocycles.